The van der Waals surface area contributed by atoms with Gasteiger partial charge >= 0.3 is 0 Å². The van der Waals surface area contributed by atoms with Gasteiger partial charge in [-0.2, -0.15) is 0 Å². The summed E-state index contributed by atoms with van der Waals surface area (Å²) in [5, 5.41) is 9.20. The minimum Gasteiger partial charge on any atom is -0.497 e. The minimum absolute atomic E-state index is 0.307. The van der Waals surface area contributed by atoms with E-state index < -0.39 is 0 Å². The molecule has 0 bridgehead atoms. The number of aliphatic hydroxyl groups excluding tert-OH is 1. The van der Waals surface area contributed by atoms with Gasteiger partial charge < -0.3 is 9.84 Å². The van der Waals surface area contributed by atoms with Crippen molar-refractivity contribution in [3.05, 3.63) is 53.8 Å². The van der Waals surface area contributed by atoms with Gasteiger partial charge in [-0.05, 0) is 30.3 Å². The van der Waals surface area contributed by atoms with Crippen LogP contribution in [0.15, 0.2) is 52.3 Å². The summed E-state index contributed by atoms with van der Waals surface area (Å²) in [4.78, 5) is 1.65. The fourth-order valence-electron chi connectivity index (χ4n) is 1.58. The molecule has 94 valence electrons. The Kier molecular flexibility index (Phi) is 4.23. The molecule has 0 radical (unpaired) electrons. The summed E-state index contributed by atoms with van der Waals surface area (Å²) in [6, 6.07) is 12.3. The van der Waals surface area contributed by atoms with Crippen molar-refractivity contribution in [3.8, 4) is 5.75 Å². The highest BCUT2D eigenvalue weighted by molar-refractivity contribution is 7.99. The SMILES string of the molecule is COc1cccc(Sc2cccc(F)c2CO)c1. The standard InChI is InChI=1S/C14H13FO2S/c1-17-10-4-2-5-11(8-10)18-14-7-3-6-13(15)12(14)9-16/h2-8,16H,9H2,1H3. The molecule has 0 heterocycles. The van der Waals surface area contributed by atoms with E-state index in [2.05, 4.69) is 0 Å². The van der Waals surface area contributed by atoms with Crippen molar-refractivity contribution < 1.29 is 14.2 Å². The Morgan fingerprint density at radius 3 is 2.72 bits per heavy atom. The number of hydrogen-bond acceptors (Lipinski definition) is 3. The Balaban J connectivity index is 2.30. The summed E-state index contributed by atoms with van der Waals surface area (Å²) in [6.45, 7) is -0.307. The second-order valence-electron chi connectivity index (χ2n) is 3.66. The summed E-state index contributed by atoms with van der Waals surface area (Å²) >= 11 is 1.40. The van der Waals surface area contributed by atoms with Crippen molar-refractivity contribution in [1.82, 2.24) is 0 Å². The molecule has 0 saturated heterocycles. The molecule has 0 fully saturated rings. The molecule has 0 aliphatic heterocycles. The third-order valence-corrected chi connectivity index (χ3v) is 3.60. The van der Waals surface area contributed by atoms with E-state index >= 15 is 0 Å². The molecule has 0 saturated carbocycles. The Hall–Kier alpha value is -1.52. The molecule has 0 atom stereocenters. The van der Waals surface area contributed by atoms with Crippen LogP contribution in [0.4, 0.5) is 4.39 Å². The van der Waals surface area contributed by atoms with Gasteiger partial charge in [-0.1, -0.05) is 23.9 Å². The van der Waals surface area contributed by atoms with E-state index in [4.69, 9.17) is 4.74 Å². The average molecular weight is 264 g/mol. The lowest BCUT2D eigenvalue weighted by Crippen LogP contribution is -1.92. The third kappa shape index (κ3) is 2.83. The fourth-order valence-corrected chi connectivity index (χ4v) is 2.59. The predicted octanol–water partition coefficient (Wildman–Crippen LogP) is 3.48. The summed E-state index contributed by atoms with van der Waals surface area (Å²) in [7, 11) is 1.60. The maximum absolute atomic E-state index is 13.5. The van der Waals surface area contributed by atoms with Gasteiger partial charge in [-0.25, -0.2) is 4.39 Å². The number of benzene rings is 2. The van der Waals surface area contributed by atoms with Crippen LogP contribution in [-0.2, 0) is 6.61 Å². The highest BCUT2D eigenvalue weighted by Gasteiger charge is 2.09. The van der Waals surface area contributed by atoms with E-state index in [0.29, 0.717) is 10.5 Å². The minimum atomic E-state index is -0.384. The molecule has 2 rings (SSSR count). The van der Waals surface area contributed by atoms with Crippen molar-refractivity contribution >= 4 is 11.8 Å². The van der Waals surface area contributed by atoms with E-state index in [9.17, 15) is 9.50 Å². The number of ether oxygens (including phenoxy) is 1. The van der Waals surface area contributed by atoms with Crippen LogP contribution in [0, 0.1) is 5.82 Å². The van der Waals surface area contributed by atoms with E-state index in [-0.39, 0.29) is 12.4 Å². The van der Waals surface area contributed by atoms with Gasteiger partial charge in [0, 0.05) is 15.4 Å². The van der Waals surface area contributed by atoms with Crippen molar-refractivity contribution in [2.45, 2.75) is 16.4 Å². The van der Waals surface area contributed by atoms with Crippen LogP contribution in [-0.4, -0.2) is 12.2 Å². The van der Waals surface area contributed by atoms with Gasteiger partial charge in [-0.15, -0.1) is 0 Å². The second-order valence-corrected chi connectivity index (χ2v) is 4.77. The van der Waals surface area contributed by atoms with E-state index in [1.54, 1.807) is 19.2 Å². The molecule has 0 amide bonds. The number of aliphatic hydroxyl groups is 1. The number of rotatable bonds is 4. The Labute approximate surface area is 109 Å². The lowest BCUT2D eigenvalue weighted by Gasteiger charge is -2.08. The first-order valence-electron chi connectivity index (χ1n) is 5.44. The zero-order chi connectivity index (χ0) is 13.0. The molecule has 18 heavy (non-hydrogen) atoms. The molecule has 2 aromatic carbocycles. The highest BCUT2D eigenvalue weighted by Crippen LogP contribution is 2.33. The lowest BCUT2D eigenvalue weighted by atomic mass is 10.2. The van der Waals surface area contributed by atoms with Gasteiger partial charge in [-0.3, -0.25) is 0 Å². The smallest absolute Gasteiger partial charge is 0.129 e. The summed E-state index contributed by atoms with van der Waals surface area (Å²) in [5.74, 6) is 0.368. The first-order valence-corrected chi connectivity index (χ1v) is 6.26. The van der Waals surface area contributed by atoms with Crippen LogP contribution in [0.5, 0.6) is 5.75 Å². The van der Waals surface area contributed by atoms with Crippen LogP contribution in [0.2, 0.25) is 0 Å². The van der Waals surface area contributed by atoms with Crippen LogP contribution in [0.1, 0.15) is 5.56 Å². The number of hydrogen-bond donors (Lipinski definition) is 1. The summed E-state index contributed by atoms with van der Waals surface area (Å²) < 4.78 is 18.6. The van der Waals surface area contributed by atoms with Gasteiger partial charge in [0.2, 0.25) is 0 Å². The molecule has 4 heteroatoms. The van der Waals surface area contributed by atoms with Crippen LogP contribution < -0.4 is 4.74 Å². The first-order chi connectivity index (χ1) is 8.74. The maximum atomic E-state index is 13.5. The summed E-state index contributed by atoms with van der Waals surface area (Å²) in [6.07, 6.45) is 0. The van der Waals surface area contributed by atoms with Crippen LogP contribution in [0.3, 0.4) is 0 Å². The lowest BCUT2D eigenvalue weighted by molar-refractivity contribution is 0.272. The van der Waals surface area contributed by atoms with Crippen LogP contribution >= 0.6 is 11.8 Å². The fraction of sp³-hybridized carbons (Fsp3) is 0.143. The molecule has 0 aliphatic rings. The topological polar surface area (TPSA) is 29.5 Å². The first kappa shape index (κ1) is 12.9. The maximum Gasteiger partial charge on any atom is 0.129 e. The average Bonchev–Trinajstić information content (AvgIpc) is 2.39. The number of halogens is 1. The van der Waals surface area contributed by atoms with E-state index in [1.165, 1.54) is 17.8 Å². The van der Waals surface area contributed by atoms with E-state index in [1.807, 2.05) is 24.3 Å². The molecule has 0 aromatic heterocycles. The molecule has 0 spiro atoms. The Bertz CT molecular complexity index is 543. The molecular weight excluding hydrogens is 251 g/mol. The zero-order valence-corrected chi connectivity index (χ0v) is 10.7. The molecule has 0 unspecified atom stereocenters. The monoisotopic (exact) mass is 264 g/mol. The molecular formula is C14H13FO2S. The number of methoxy groups -OCH3 is 1. The van der Waals surface area contributed by atoms with Crippen molar-refractivity contribution in [2.24, 2.45) is 0 Å². The van der Waals surface area contributed by atoms with Gasteiger partial charge in [0.1, 0.15) is 11.6 Å². The second kappa shape index (κ2) is 5.89. The quantitative estimate of drug-likeness (QED) is 0.916. The molecule has 2 aromatic rings. The summed E-state index contributed by atoms with van der Waals surface area (Å²) in [5.41, 5.74) is 0.324. The Morgan fingerprint density at radius 1 is 1.22 bits per heavy atom. The zero-order valence-electron chi connectivity index (χ0n) is 9.89. The Morgan fingerprint density at radius 2 is 2.00 bits per heavy atom. The van der Waals surface area contributed by atoms with Crippen molar-refractivity contribution in [1.29, 1.82) is 0 Å². The van der Waals surface area contributed by atoms with E-state index in [0.717, 1.165) is 10.6 Å². The predicted molar refractivity (Wildman–Crippen MR) is 69.4 cm³/mol. The van der Waals surface area contributed by atoms with Crippen LogP contribution in [0.25, 0.3) is 0 Å². The molecule has 2 nitrogen and oxygen atoms in total. The normalized spacial score (nSPS) is 10.4. The van der Waals surface area contributed by atoms with Gasteiger partial charge in [0.15, 0.2) is 0 Å². The third-order valence-electron chi connectivity index (χ3n) is 2.50. The highest BCUT2D eigenvalue weighted by atomic mass is 32.2. The molecule has 1 N–H and O–H groups in total. The van der Waals surface area contributed by atoms with Gasteiger partial charge in [0.25, 0.3) is 0 Å². The van der Waals surface area contributed by atoms with Crippen molar-refractivity contribution in [2.75, 3.05) is 7.11 Å². The largest absolute Gasteiger partial charge is 0.497 e. The van der Waals surface area contributed by atoms with Gasteiger partial charge in [0.05, 0.1) is 13.7 Å². The van der Waals surface area contributed by atoms with Crippen molar-refractivity contribution in [3.63, 3.8) is 0 Å². The molecule has 0 aliphatic carbocycles.